The van der Waals surface area contributed by atoms with Crippen LogP contribution in [0.1, 0.15) is 26.5 Å². The summed E-state index contributed by atoms with van der Waals surface area (Å²) in [6, 6.07) is 3.61. The molecule has 1 heterocycles. The number of nitrogens with zero attached hydrogens (tertiary/aromatic N) is 1. The fourth-order valence-electron chi connectivity index (χ4n) is 0.888. The van der Waals surface area contributed by atoms with Gasteiger partial charge in [-0.1, -0.05) is 0 Å². The lowest BCUT2D eigenvalue weighted by Gasteiger charge is -2.21. The standard InChI is InChI=1S/C10H15N3OS/c1-10(2,3)12-9(15)13-11-7-8-5-4-6-14-8/h4-7H,1-3H3,(H2,12,13,15)/b11-7+. The summed E-state index contributed by atoms with van der Waals surface area (Å²) in [6.45, 7) is 6.08. The molecule has 0 atom stereocenters. The van der Waals surface area contributed by atoms with E-state index >= 15 is 0 Å². The predicted molar refractivity (Wildman–Crippen MR) is 64.9 cm³/mol. The van der Waals surface area contributed by atoms with E-state index in [0.717, 1.165) is 0 Å². The molecule has 0 unspecified atom stereocenters. The van der Waals surface area contributed by atoms with Gasteiger partial charge in [0.25, 0.3) is 0 Å². The molecule has 5 heteroatoms. The Balaban J connectivity index is 2.35. The molecule has 0 saturated carbocycles. The molecule has 1 aromatic heterocycles. The van der Waals surface area contributed by atoms with Gasteiger partial charge in [0.05, 0.1) is 12.5 Å². The lowest BCUT2D eigenvalue weighted by molar-refractivity contribution is 0.508. The van der Waals surface area contributed by atoms with E-state index in [0.29, 0.717) is 10.9 Å². The molecular formula is C10H15N3OS. The highest BCUT2D eigenvalue weighted by atomic mass is 32.1. The van der Waals surface area contributed by atoms with Crippen LogP contribution in [0, 0.1) is 0 Å². The fourth-order valence-corrected chi connectivity index (χ4v) is 1.25. The number of hydrazone groups is 1. The molecule has 0 bridgehead atoms. The minimum atomic E-state index is -0.0652. The van der Waals surface area contributed by atoms with Crippen molar-refractivity contribution in [1.29, 1.82) is 0 Å². The Kier molecular flexibility index (Phi) is 3.85. The van der Waals surface area contributed by atoms with Crippen LogP contribution in [0.15, 0.2) is 27.9 Å². The van der Waals surface area contributed by atoms with Crippen LogP contribution in [0.5, 0.6) is 0 Å². The van der Waals surface area contributed by atoms with Crippen molar-refractivity contribution in [3.8, 4) is 0 Å². The molecular weight excluding hydrogens is 210 g/mol. The Labute approximate surface area is 94.7 Å². The molecule has 15 heavy (non-hydrogen) atoms. The summed E-state index contributed by atoms with van der Waals surface area (Å²) in [5.41, 5.74) is 2.64. The Hall–Kier alpha value is -1.36. The molecule has 2 N–H and O–H groups in total. The zero-order chi connectivity index (χ0) is 11.3. The molecule has 1 aromatic rings. The molecule has 82 valence electrons. The Bertz CT molecular complexity index is 338. The van der Waals surface area contributed by atoms with Crippen molar-refractivity contribution in [1.82, 2.24) is 10.7 Å². The van der Waals surface area contributed by atoms with E-state index in [1.54, 1.807) is 18.5 Å². The maximum atomic E-state index is 5.06. The van der Waals surface area contributed by atoms with Crippen molar-refractivity contribution in [3.05, 3.63) is 24.2 Å². The van der Waals surface area contributed by atoms with Crippen LogP contribution in [0.3, 0.4) is 0 Å². The first-order chi connectivity index (χ1) is 6.97. The second-order valence-corrected chi connectivity index (χ2v) is 4.50. The van der Waals surface area contributed by atoms with E-state index in [2.05, 4.69) is 15.8 Å². The molecule has 0 fully saturated rings. The number of nitrogens with one attached hydrogen (secondary N) is 2. The number of thiocarbonyl (C=S) groups is 1. The highest BCUT2D eigenvalue weighted by Gasteiger charge is 2.09. The number of rotatable bonds is 2. The summed E-state index contributed by atoms with van der Waals surface area (Å²) in [6.07, 6.45) is 3.16. The minimum absolute atomic E-state index is 0.0652. The van der Waals surface area contributed by atoms with E-state index in [1.807, 2.05) is 26.8 Å². The van der Waals surface area contributed by atoms with Gasteiger partial charge in [-0.15, -0.1) is 0 Å². The van der Waals surface area contributed by atoms with Gasteiger partial charge in [0, 0.05) is 5.54 Å². The van der Waals surface area contributed by atoms with Gasteiger partial charge in [-0.2, -0.15) is 5.10 Å². The van der Waals surface area contributed by atoms with Crippen LogP contribution in [0.25, 0.3) is 0 Å². The molecule has 0 aliphatic heterocycles. The van der Waals surface area contributed by atoms with Gasteiger partial charge in [0.2, 0.25) is 0 Å². The van der Waals surface area contributed by atoms with Crippen molar-refractivity contribution in [2.45, 2.75) is 26.3 Å². The van der Waals surface area contributed by atoms with Crippen LogP contribution in [0.4, 0.5) is 0 Å². The number of furan rings is 1. The Morgan fingerprint density at radius 2 is 2.27 bits per heavy atom. The summed E-state index contributed by atoms with van der Waals surface area (Å²) in [7, 11) is 0. The molecule has 0 saturated heterocycles. The van der Waals surface area contributed by atoms with Gasteiger partial charge < -0.3 is 9.73 Å². The topological polar surface area (TPSA) is 49.6 Å². The Morgan fingerprint density at radius 3 is 2.80 bits per heavy atom. The first-order valence-corrected chi connectivity index (χ1v) is 5.03. The normalized spacial score (nSPS) is 11.7. The van der Waals surface area contributed by atoms with Crippen LogP contribution in [-0.4, -0.2) is 16.9 Å². The third-order valence-electron chi connectivity index (χ3n) is 1.39. The first kappa shape index (κ1) is 11.7. The SMILES string of the molecule is CC(C)(C)NC(=S)N/N=C/c1ccco1. The Morgan fingerprint density at radius 1 is 1.53 bits per heavy atom. The van der Waals surface area contributed by atoms with Gasteiger partial charge in [-0.05, 0) is 45.1 Å². The maximum absolute atomic E-state index is 5.06. The molecule has 0 spiro atoms. The van der Waals surface area contributed by atoms with E-state index in [9.17, 15) is 0 Å². The second kappa shape index (κ2) is 4.93. The smallest absolute Gasteiger partial charge is 0.187 e. The van der Waals surface area contributed by atoms with Crippen LogP contribution < -0.4 is 10.7 Å². The van der Waals surface area contributed by atoms with E-state index in [4.69, 9.17) is 16.6 Å². The molecule has 1 rings (SSSR count). The van der Waals surface area contributed by atoms with Gasteiger partial charge >= 0.3 is 0 Å². The highest BCUT2D eigenvalue weighted by Crippen LogP contribution is 1.97. The zero-order valence-electron chi connectivity index (χ0n) is 9.07. The summed E-state index contributed by atoms with van der Waals surface area (Å²) in [5.74, 6) is 0.682. The molecule has 0 radical (unpaired) electrons. The predicted octanol–water partition coefficient (Wildman–Crippen LogP) is 1.88. The van der Waals surface area contributed by atoms with Crippen molar-refractivity contribution in [2.24, 2.45) is 5.10 Å². The van der Waals surface area contributed by atoms with Crippen LogP contribution >= 0.6 is 12.2 Å². The average Bonchev–Trinajstić information content (AvgIpc) is 2.53. The number of hydrogen-bond acceptors (Lipinski definition) is 3. The summed E-state index contributed by atoms with van der Waals surface area (Å²) in [5, 5.41) is 7.49. The summed E-state index contributed by atoms with van der Waals surface area (Å²) < 4.78 is 5.06. The van der Waals surface area contributed by atoms with Gasteiger partial charge in [-0.3, -0.25) is 5.43 Å². The van der Waals surface area contributed by atoms with Crippen molar-refractivity contribution < 1.29 is 4.42 Å². The van der Waals surface area contributed by atoms with Crippen LogP contribution in [0.2, 0.25) is 0 Å². The fraction of sp³-hybridized carbons (Fsp3) is 0.400. The van der Waals surface area contributed by atoms with Gasteiger partial charge in [0.15, 0.2) is 5.11 Å². The van der Waals surface area contributed by atoms with Crippen molar-refractivity contribution >= 4 is 23.5 Å². The molecule has 0 aliphatic rings. The van der Waals surface area contributed by atoms with E-state index in [1.165, 1.54) is 0 Å². The van der Waals surface area contributed by atoms with E-state index in [-0.39, 0.29) is 5.54 Å². The van der Waals surface area contributed by atoms with Crippen LogP contribution in [-0.2, 0) is 0 Å². The number of hydrogen-bond donors (Lipinski definition) is 2. The van der Waals surface area contributed by atoms with E-state index < -0.39 is 0 Å². The summed E-state index contributed by atoms with van der Waals surface area (Å²) >= 11 is 5.03. The monoisotopic (exact) mass is 225 g/mol. The molecule has 0 aromatic carbocycles. The zero-order valence-corrected chi connectivity index (χ0v) is 9.89. The third kappa shape index (κ3) is 5.17. The largest absolute Gasteiger partial charge is 0.463 e. The molecule has 0 amide bonds. The summed E-state index contributed by atoms with van der Waals surface area (Å²) in [4.78, 5) is 0. The minimum Gasteiger partial charge on any atom is -0.463 e. The quantitative estimate of drug-likeness (QED) is 0.458. The average molecular weight is 225 g/mol. The van der Waals surface area contributed by atoms with Gasteiger partial charge in [0.1, 0.15) is 5.76 Å². The lowest BCUT2D eigenvalue weighted by Crippen LogP contribution is -2.44. The second-order valence-electron chi connectivity index (χ2n) is 4.09. The van der Waals surface area contributed by atoms with Crippen molar-refractivity contribution in [2.75, 3.05) is 0 Å². The molecule has 4 nitrogen and oxygen atoms in total. The maximum Gasteiger partial charge on any atom is 0.187 e. The van der Waals surface area contributed by atoms with Crippen molar-refractivity contribution in [3.63, 3.8) is 0 Å². The third-order valence-corrected chi connectivity index (χ3v) is 1.58. The molecule has 0 aliphatic carbocycles. The first-order valence-electron chi connectivity index (χ1n) is 4.62. The highest BCUT2D eigenvalue weighted by molar-refractivity contribution is 7.80. The van der Waals surface area contributed by atoms with Gasteiger partial charge in [-0.25, -0.2) is 0 Å². The lowest BCUT2D eigenvalue weighted by atomic mass is 10.1.